The molecule has 4 atom stereocenters. The molecule has 5 rings (SSSR count). The molecule has 0 aromatic heterocycles. The van der Waals surface area contributed by atoms with Crippen LogP contribution in [0.15, 0.2) is 41.5 Å². The van der Waals surface area contributed by atoms with Crippen LogP contribution in [0.1, 0.15) is 18.4 Å². The van der Waals surface area contributed by atoms with E-state index in [1.54, 1.807) is 24.3 Å². The Bertz CT molecular complexity index is 759. The molecular formula is C18H16N2O3. The number of hydrogen-bond acceptors (Lipinski definition) is 4. The molecule has 2 bridgehead atoms. The van der Waals surface area contributed by atoms with E-state index in [0.717, 1.165) is 17.9 Å². The van der Waals surface area contributed by atoms with Gasteiger partial charge < -0.3 is 5.11 Å². The van der Waals surface area contributed by atoms with Crippen molar-refractivity contribution in [1.29, 1.82) is 0 Å². The van der Waals surface area contributed by atoms with Gasteiger partial charge in [-0.15, -0.1) is 0 Å². The number of hydrazone groups is 1. The smallest absolute Gasteiger partial charge is 0.254 e. The zero-order valence-corrected chi connectivity index (χ0v) is 12.4. The third-order valence-electron chi connectivity index (χ3n) is 6.08. The van der Waals surface area contributed by atoms with Crippen LogP contribution >= 0.6 is 0 Å². The Morgan fingerprint density at radius 1 is 1.09 bits per heavy atom. The van der Waals surface area contributed by atoms with Gasteiger partial charge in [-0.3, -0.25) is 9.59 Å². The van der Waals surface area contributed by atoms with Crippen molar-refractivity contribution in [2.24, 2.45) is 34.2 Å². The van der Waals surface area contributed by atoms with Gasteiger partial charge in [0.25, 0.3) is 11.8 Å². The van der Waals surface area contributed by atoms with Crippen LogP contribution in [0.5, 0.6) is 5.75 Å². The highest BCUT2D eigenvalue weighted by atomic mass is 16.3. The molecule has 23 heavy (non-hydrogen) atoms. The molecule has 1 aromatic rings. The van der Waals surface area contributed by atoms with E-state index in [9.17, 15) is 14.7 Å². The number of allylic oxidation sites excluding steroid dienone is 2. The van der Waals surface area contributed by atoms with Crippen molar-refractivity contribution < 1.29 is 14.7 Å². The summed E-state index contributed by atoms with van der Waals surface area (Å²) < 4.78 is 0. The highest BCUT2D eigenvalue weighted by Crippen LogP contribution is 2.73. The van der Waals surface area contributed by atoms with Gasteiger partial charge in [-0.2, -0.15) is 10.1 Å². The predicted octanol–water partition coefficient (Wildman–Crippen LogP) is 1.92. The summed E-state index contributed by atoms with van der Waals surface area (Å²) in [6.45, 7) is 0. The first-order valence-corrected chi connectivity index (χ1v) is 8.02. The number of phenolic OH excluding ortho intramolecular Hbond substituents is 1. The van der Waals surface area contributed by atoms with Gasteiger partial charge in [-0.05, 0) is 42.2 Å². The normalized spacial score (nSPS) is 35.7. The lowest BCUT2D eigenvalue weighted by Gasteiger charge is -2.18. The van der Waals surface area contributed by atoms with Gasteiger partial charge >= 0.3 is 0 Å². The molecule has 4 unspecified atom stereocenters. The Morgan fingerprint density at radius 2 is 1.70 bits per heavy atom. The number of para-hydroxylation sites is 1. The number of carbonyl (C=O) groups excluding carboxylic acids is 2. The molecular weight excluding hydrogens is 292 g/mol. The Morgan fingerprint density at radius 3 is 2.26 bits per heavy atom. The fourth-order valence-electron chi connectivity index (χ4n) is 4.89. The van der Waals surface area contributed by atoms with Crippen LogP contribution < -0.4 is 0 Å². The van der Waals surface area contributed by atoms with E-state index in [0.29, 0.717) is 5.56 Å². The Labute approximate surface area is 133 Å². The maximum Gasteiger partial charge on any atom is 0.254 e. The number of aromatic hydroxyl groups is 1. The zero-order valence-electron chi connectivity index (χ0n) is 12.4. The van der Waals surface area contributed by atoms with Crippen molar-refractivity contribution in [3.8, 4) is 5.75 Å². The average Bonchev–Trinajstić information content (AvgIpc) is 3.15. The highest BCUT2D eigenvalue weighted by molar-refractivity contribution is 6.07. The van der Waals surface area contributed by atoms with Crippen LogP contribution in [0.3, 0.4) is 0 Å². The number of rotatable bonds is 2. The van der Waals surface area contributed by atoms with Gasteiger partial charge in [0.15, 0.2) is 0 Å². The molecule has 1 aliphatic heterocycles. The number of imide groups is 1. The van der Waals surface area contributed by atoms with Crippen molar-refractivity contribution in [2.75, 3.05) is 0 Å². The van der Waals surface area contributed by atoms with Crippen LogP contribution in [0.4, 0.5) is 0 Å². The van der Waals surface area contributed by atoms with Gasteiger partial charge in [0.05, 0.1) is 18.1 Å². The number of hydrogen-bond donors (Lipinski definition) is 1. The molecule has 3 aliphatic carbocycles. The first-order valence-electron chi connectivity index (χ1n) is 8.02. The predicted molar refractivity (Wildman–Crippen MR) is 82.3 cm³/mol. The second-order valence-corrected chi connectivity index (χ2v) is 7.01. The molecule has 1 heterocycles. The lowest BCUT2D eigenvalue weighted by atomic mass is 9.85. The second kappa shape index (κ2) is 4.10. The lowest BCUT2D eigenvalue weighted by Crippen LogP contribution is -2.30. The molecule has 1 saturated heterocycles. The quantitative estimate of drug-likeness (QED) is 0.515. The fraction of sp³-hybridized carbons (Fsp3) is 0.389. The van der Waals surface area contributed by atoms with Crippen molar-refractivity contribution >= 4 is 18.0 Å². The summed E-state index contributed by atoms with van der Waals surface area (Å²) in [5.41, 5.74) is 0.693. The van der Waals surface area contributed by atoms with Gasteiger partial charge in [-0.1, -0.05) is 24.3 Å². The van der Waals surface area contributed by atoms with E-state index in [1.165, 1.54) is 6.21 Å². The number of nitrogens with zero attached hydrogens (tertiary/aromatic N) is 2. The largest absolute Gasteiger partial charge is 0.507 e. The minimum atomic E-state index is -0.235. The van der Waals surface area contributed by atoms with E-state index in [4.69, 9.17) is 0 Å². The fourth-order valence-corrected chi connectivity index (χ4v) is 4.89. The Kier molecular flexibility index (Phi) is 2.33. The average molecular weight is 308 g/mol. The van der Waals surface area contributed by atoms with Crippen molar-refractivity contribution in [1.82, 2.24) is 5.01 Å². The van der Waals surface area contributed by atoms with Crippen LogP contribution in [0.2, 0.25) is 0 Å². The topological polar surface area (TPSA) is 70.0 Å². The van der Waals surface area contributed by atoms with Gasteiger partial charge in [0.1, 0.15) is 5.75 Å². The van der Waals surface area contributed by atoms with E-state index in [2.05, 4.69) is 17.3 Å². The third kappa shape index (κ3) is 1.49. The third-order valence-corrected chi connectivity index (χ3v) is 6.08. The minimum absolute atomic E-state index is 0.0780. The summed E-state index contributed by atoms with van der Waals surface area (Å²) in [6, 6.07) is 6.71. The van der Waals surface area contributed by atoms with Crippen LogP contribution in [0.25, 0.3) is 0 Å². The van der Waals surface area contributed by atoms with Gasteiger partial charge in [0.2, 0.25) is 0 Å². The molecule has 3 fully saturated rings. The molecule has 2 amide bonds. The summed E-state index contributed by atoms with van der Waals surface area (Å²) >= 11 is 0. The number of benzene rings is 1. The van der Waals surface area contributed by atoms with E-state index in [-0.39, 0.29) is 46.7 Å². The summed E-state index contributed by atoms with van der Waals surface area (Å²) in [6.07, 6.45) is 7.92. The summed E-state index contributed by atoms with van der Waals surface area (Å²) in [4.78, 5) is 25.4. The monoisotopic (exact) mass is 308 g/mol. The van der Waals surface area contributed by atoms with E-state index >= 15 is 0 Å². The number of amides is 2. The molecule has 1 N–H and O–H groups in total. The van der Waals surface area contributed by atoms with E-state index in [1.807, 2.05) is 0 Å². The Balaban J connectivity index is 1.46. The van der Waals surface area contributed by atoms with Crippen LogP contribution in [0, 0.1) is 29.1 Å². The molecule has 0 radical (unpaired) electrons. The maximum absolute atomic E-state index is 12.7. The summed E-state index contributed by atoms with van der Waals surface area (Å²) in [5.74, 6) is -0.347. The molecule has 2 saturated carbocycles. The molecule has 4 aliphatic rings. The second-order valence-electron chi connectivity index (χ2n) is 7.01. The number of carbonyl (C=O) groups is 2. The number of phenols is 1. The van der Waals surface area contributed by atoms with Crippen molar-refractivity contribution in [3.63, 3.8) is 0 Å². The molecule has 5 heteroatoms. The summed E-state index contributed by atoms with van der Waals surface area (Å²) in [5, 5.41) is 14.9. The number of fused-ring (bicyclic) bond motifs is 3. The summed E-state index contributed by atoms with van der Waals surface area (Å²) in [7, 11) is 0. The van der Waals surface area contributed by atoms with Gasteiger partial charge in [-0.25, -0.2) is 0 Å². The Hall–Kier alpha value is -2.43. The highest BCUT2D eigenvalue weighted by Gasteiger charge is 2.73. The van der Waals surface area contributed by atoms with Crippen molar-refractivity contribution in [3.05, 3.63) is 42.0 Å². The molecule has 116 valence electrons. The first-order chi connectivity index (χ1) is 11.1. The van der Waals surface area contributed by atoms with Crippen LogP contribution in [-0.2, 0) is 9.59 Å². The standard InChI is InChI=1S/C18H16N2O3/c21-13-4-2-1-3-10(13)9-19-20-16(22)14-11-5-6-12(15(14)17(20)23)18(11)7-8-18/h1-6,9,11-12,14-15,21H,7-8H2/b19-9+. The first kappa shape index (κ1) is 13.0. The zero-order chi connectivity index (χ0) is 15.8. The van der Waals surface area contributed by atoms with Crippen LogP contribution in [-0.4, -0.2) is 28.1 Å². The molecule has 1 aromatic carbocycles. The molecule has 1 spiro atoms. The van der Waals surface area contributed by atoms with Crippen molar-refractivity contribution in [2.45, 2.75) is 12.8 Å². The van der Waals surface area contributed by atoms with Gasteiger partial charge in [0, 0.05) is 5.56 Å². The van der Waals surface area contributed by atoms with E-state index < -0.39 is 0 Å². The minimum Gasteiger partial charge on any atom is -0.507 e. The maximum atomic E-state index is 12.7. The molecule has 5 nitrogen and oxygen atoms in total. The lowest BCUT2D eigenvalue weighted by molar-refractivity contribution is -0.141. The SMILES string of the molecule is O=C1C2C(C(=O)N1/N=C/c1ccccc1O)C1C=CC2C12CC2.